The molecule has 2 fully saturated rings. The lowest BCUT2D eigenvalue weighted by Gasteiger charge is -2.38. The number of benzene rings is 2. The van der Waals surface area contributed by atoms with Crippen molar-refractivity contribution in [3.8, 4) is 11.5 Å². The molecule has 2 aromatic rings. The number of rotatable bonds is 4. The summed E-state index contributed by atoms with van der Waals surface area (Å²) in [4.78, 5) is 20.2. The van der Waals surface area contributed by atoms with E-state index >= 15 is 0 Å². The van der Waals surface area contributed by atoms with Gasteiger partial charge in [0.15, 0.2) is 17.5 Å². The molecule has 2 heterocycles. The van der Waals surface area contributed by atoms with Crippen LogP contribution in [0.5, 0.6) is 11.5 Å². The zero-order valence-corrected chi connectivity index (χ0v) is 22.7. The van der Waals surface area contributed by atoms with Gasteiger partial charge in [-0.05, 0) is 55.0 Å². The summed E-state index contributed by atoms with van der Waals surface area (Å²) in [5, 5.41) is 11.3. The van der Waals surface area contributed by atoms with E-state index < -0.39 is 0 Å². The lowest BCUT2D eigenvalue weighted by molar-refractivity contribution is 0.0969. The molecule has 2 aliphatic carbocycles. The second-order valence-electron chi connectivity index (χ2n) is 10.9. The number of hydrogen-bond donors (Lipinski definition) is 2. The van der Waals surface area contributed by atoms with Gasteiger partial charge in [0, 0.05) is 41.6 Å². The number of nitrogens with one attached hydrogen (secondary N) is 2. The second kappa shape index (κ2) is 10.7. The van der Waals surface area contributed by atoms with E-state index in [1.165, 1.54) is 18.4 Å². The van der Waals surface area contributed by atoms with Gasteiger partial charge in [0.25, 0.3) is 5.91 Å². The first-order valence-electron chi connectivity index (χ1n) is 14.0. The fourth-order valence-electron chi connectivity index (χ4n) is 6.60. The summed E-state index contributed by atoms with van der Waals surface area (Å²) in [5.74, 6) is 2.64. The number of allylic oxidation sites excluding steroid dienone is 3. The lowest BCUT2D eigenvalue weighted by atomic mass is 9.75. The molecule has 4 aliphatic rings. The second-order valence-corrected chi connectivity index (χ2v) is 10.9. The molecule has 7 nitrogen and oxygen atoms in total. The Labute approximate surface area is 230 Å². The van der Waals surface area contributed by atoms with Crippen LogP contribution < -0.4 is 14.8 Å². The van der Waals surface area contributed by atoms with Crippen LogP contribution in [-0.4, -0.2) is 55.8 Å². The number of amides is 1. The number of aliphatic imine (C=N–C) groups is 1. The molecule has 7 heteroatoms. The molecule has 2 N–H and O–H groups in total. The number of hydrogen-bond acceptors (Lipinski definition) is 5. The highest BCUT2D eigenvalue weighted by Gasteiger charge is 2.35. The molecule has 0 bridgehead atoms. The normalized spacial score (nSPS) is 25.1. The fraction of sp³-hybridized carbons (Fsp3) is 0.406. The number of carbonyl (C=O) groups is 1. The summed E-state index contributed by atoms with van der Waals surface area (Å²) in [6.45, 7) is 1.52. The van der Waals surface area contributed by atoms with Crippen LogP contribution in [0.1, 0.15) is 65.1 Å². The zero-order chi connectivity index (χ0) is 26.9. The molecule has 6 rings (SSSR count). The van der Waals surface area contributed by atoms with E-state index in [1.807, 2.05) is 35.2 Å². The van der Waals surface area contributed by atoms with E-state index in [2.05, 4.69) is 35.7 Å². The Bertz CT molecular complexity index is 1360. The van der Waals surface area contributed by atoms with E-state index in [0.29, 0.717) is 29.1 Å². The Balaban J connectivity index is 1.21. The first kappa shape index (κ1) is 25.4. The number of methoxy groups -OCH3 is 2. The molecule has 202 valence electrons. The van der Waals surface area contributed by atoms with Gasteiger partial charge in [-0.25, -0.2) is 0 Å². The van der Waals surface area contributed by atoms with Crippen LogP contribution >= 0.6 is 0 Å². The summed E-state index contributed by atoms with van der Waals surface area (Å²) < 4.78 is 11.3. The SMILES string of the molecule is COc1cc2c(cc1OC)[C@H]1CCCC[C@H]1N=C2c1ccc(C(=O)NC(=N)N2CCC3C=CC=CC3C2)cc1. The minimum absolute atomic E-state index is 0.167. The average molecular weight is 525 g/mol. The molecule has 0 aromatic heterocycles. The van der Waals surface area contributed by atoms with Gasteiger partial charge in [0.05, 0.1) is 26.0 Å². The highest BCUT2D eigenvalue weighted by atomic mass is 16.5. The largest absolute Gasteiger partial charge is 0.493 e. The topological polar surface area (TPSA) is 87.0 Å². The number of piperidine rings is 1. The van der Waals surface area contributed by atoms with Crippen molar-refractivity contribution in [1.29, 1.82) is 5.41 Å². The van der Waals surface area contributed by atoms with Crippen LogP contribution in [0.4, 0.5) is 0 Å². The Hall–Kier alpha value is -3.87. The highest BCUT2D eigenvalue weighted by Crippen LogP contribution is 2.44. The Morgan fingerprint density at radius 1 is 0.974 bits per heavy atom. The third kappa shape index (κ3) is 4.86. The van der Waals surface area contributed by atoms with E-state index in [9.17, 15) is 4.79 Å². The number of fused-ring (bicyclic) bond motifs is 4. The van der Waals surface area contributed by atoms with Gasteiger partial charge in [-0.3, -0.25) is 20.5 Å². The van der Waals surface area contributed by atoms with Crippen molar-refractivity contribution in [2.75, 3.05) is 27.3 Å². The van der Waals surface area contributed by atoms with Gasteiger partial charge in [0.1, 0.15) is 0 Å². The third-order valence-electron chi connectivity index (χ3n) is 8.74. The van der Waals surface area contributed by atoms with Gasteiger partial charge < -0.3 is 14.4 Å². The molecule has 0 radical (unpaired) electrons. The van der Waals surface area contributed by atoms with Gasteiger partial charge in [-0.2, -0.15) is 0 Å². The van der Waals surface area contributed by atoms with Gasteiger partial charge in [0.2, 0.25) is 0 Å². The molecule has 4 atom stereocenters. The minimum atomic E-state index is -0.266. The smallest absolute Gasteiger partial charge is 0.257 e. The first-order chi connectivity index (χ1) is 19.1. The van der Waals surface area contributed by atoms with E-state index in [-0.39, 0.29) is 17.9 Å². The maximum Gasteiger partial charge on any atom is 0.257 e. The van der Waals surface area contributed by atoms with Crippen molar-refractivity contribution in [1.82, 2.24) is 10.2 Å². The van der Waals surface area contributed by atoms with Crippen LogP contribution in [-0.2, 0) is 0 Å². The van der Waals surface area contributed by atoms with Crippen molar-refractivity contribution in [2.24, 2.45) is 16.8 Å². The van der Waals surface area contributed by atoms with Gasteiger partial charge in [-0.15, -0.1) is 0 Å². The predicted octanol–water partition coefficient (Wildman–Crippen LogP) is 5.31. The highest BCUT2D eigenvalue weighted by molar-refractivity contribution is 6.15. The molecule has 2 aliphatic heterocycles. The Morgan fingerprint density at radius 2 is 1.69 bits per heavy atom. The van der Waals surface area contributed by atoms with Crippen LogP contribution in [0.3, 0.4) is 0 Å². The zero-order valence-electron chi connectivity index (χ0n) is 22.7. The molecule has 2 aromatic carbocycles. The average Bonchev–Trinajstić information content (AvgIpc) is 2.99. The van der Waals surface area contributed by atoms with E-state index in [1.54, 1.807) is 14.2 Å². The molecule has 1 saturated carbocycles. The Kier molecular flexibility index (Phi) is 6.98. The van der Waals surface area contributed by atoms with Crippen LogP contribution in [0.25, 0.3) is 0 Å². The number of likely N-dealkylation sites (tertiary alicyclic amines) is 1. The summed E-state index contributed by atoms with van der Waals surface area (Å²) in [6.07, 6.45) is 14.2. The van der Waals surface area contributed by atoms with E-state index in [0.717, 1.165) is 54.9 Å². The summed E-state index contributed by atoms with van der Waals surface area (Å²) in [6, 6.07) is 12.0. The Morgan fingerprint density at radius 3 is 2.46 bits per heavy atom. The summed E-state index contributed by atoms with van der Waals surface area (Å²) in [5.41, 5.74) is 4.78. The maximum absolute atomic E-state index is 13.0. The van der Waals surface area contributed by atoms with Crippen LogP contribution in [0, 0.1) is 17.2 Å². The monoisotopic (exact) mass is 524 g/mol. The summed E-state index contributed by atoms with van der Waals surface area (Å²) >= 11 is 0. The quantitative estimate of drug-likeness (QED) is 0.419. The fourth-order valence-corrected chi connectivity index (χ4v) is 6.60. The standard InChI is InChI=1S/C32H36N4O3/c1-38-28-17-25-24-9-5-6-10-27(24)34-30(26(25)18-29(28)39-2)21-11-13-22(14-12-21)31(37)35-32(33)36-16-15-20-7-3-4-8-23(20)19-36/h3-4,7-8,11-14,17-18,20,23-24,27H,5-6,9-10,15-16,19H2,1-2H3,(H2,33,35,37)/t20?,23?,24-,27-/m1/s1. The predicted molar refractivity (Wildman–Crippen MR) is 153 cm³/mol. The van der Waals surface area contributed by atoms with Crippen molar-refractivity contribution in [3.05, 3.63) is 83.0 Å². The van der Waals surface area contributed by atoms with Gasteiger partial charge in [-0.1, -0.05) is 49.3 Å². The van der Waals surface area contributed by atoms with Crippen LogP contribution in [0.15, 0.2) is 65.7 Å². The first-order valence-corrected chi connectivity index (χ1v) is 14.0. The molecular weight excluding hydrogens is 488 g/mol. The molecule has 1 amide bonds. The molecule has 2 unspecified atom stereocenters. The minimum Gasteiger partial charge on any atom is -0.493 e. The van der Waals surface area contributed by atoms with Gasteiger partial charge >= 0.3 is 0 Å². The van der Waals surface area contributed by atoms with Crippen molar-refractivity contribution in [2.45, 2.75) is 44.1 Å². The molecule has 39 heavy (non-hydrogen) atoms. The summed E-state index contributed by atoms with van der Waals surface area (Å²) in [7, 11) is 3.33. The van der Waals surface area contributed by atoms with Crippen LogP contribution in [0.2, 0.25) is 0 Å². The number of nitrogens with zero attached hydrogens (tertiary/aromatic N) is 2. The lowest BCUT2D eigenvalue weighted by Crippen LogP contribution is -2.49. The number of carbonyl (C=O) groups excluding carboxylic acids is 1. The number of ether oxygens (including phenoxy) is 2. The van der Waals surface area contributed by atoms with E-state index in [4.69, 9.17) is 19.9 Å². The molecule has 1 saturated heterocycles. The van der Waals surface area contributed by atoms with Crippen molar-refractivity contribution in [3.63, 3.8) is 0 Å². The third-order valence-corrected chi connectivity index (χ3v) is 8.74. The molecular formula is C32H36N4O3. The maximum atomic E-state index is 13.0. The van der Waals surface area contributed by atoms with Crippen molar-refractivity contribution < 1.29 is 14.3 Å². The van der Waals surface area contributed by atoms with Crippen molar-refractivity contribution >= 4 is 17.6 Å². The number of guanidine groups is 1. The molecule has 0 spiro atoms.